The molecule has 0 heterocycles. The number of ether oxygens (including phenoxy) is 1. The Labute approximate surface area is 167 Å². The van der Waals surface area contributed by atoms with Crippen molar-refractivity contribution in [2.75, 3.05) is 6.54 Å². The molecule has 1 N–H and O–H groups in total. The van der Waals surface area contributed by atoms with Crippen LogP contribution in [0.15, 0.2) is 65.6 Å². The van der Waals surface area contributed by atoms with E-state index in [1.807, 2.05) is 24.3 Å². The zero-order valence-corrected chi connectivity index (χ0v) is 16.3. The Bertz CT molecular complexity index is 1100. The van der Waals surface area contributed by atoms with E-state index in [4.69, 9.17) is 16.3 Å². The number of hydrogen-bond acceptors (Lipinski definition) is 4. The van der Waals surface area contributed by atoms with E-state index in [-0.39, 0.29) is 35.1 Å². The first-order chi connectivity index (χ1) is 13.4. The largest absolute Gasteiger partial charge is 0.461 e. The first kappa shape index (κ1) is 20.3. The van der Waals surface area contributed by atoms with Gasteiger partial charge in [-0.25, -0.2) is 17.5 Å². The van der Waals surface area contributed by atoms with Gasteiger partial charge in [0.2, 0.25) is 10.0 Å². The molecule has 0 saturated heterocycles. The van der Waals surface area contributed by atoms with Crippen LogP contribution < -0.4 is 4.72 Å². The third kappa shape index (κ3) is 4.86. The maximum Gasteiger partial charge on any atom is 0.307 e. The lowest BCUT2D eigenvalue weighted by Gasteiger charge is -2.09. The van der Waals surface area contributed by atoms with Gasteiger partial charge in [0.15, 0.2) is 0 Å². The summed E-state index contributed by atoms with van der Waals surface area (Å²) in [5, 5.41) is 1.88. The molecule has 3 aromatic carbocycles. The summed E-state index contributed by atoms with van der Waals surface area (Å²) in [4.78, 5) is 11.9. The summed E-state index contributed by atoms with van der Waals surface area (Å²) in [6.07, 6.45) is -0.196. The number of benzene rings is 3. The number of sulfonamides is 1. The second-order valence-electron chi connectivity index (χ2n) is 6.02. The highest BCUT2D eigenvalue weighted by atomic mass is 35.5. The van der Waals surface area contributed by atoms with Crippen molar-refractivity contribution in [3.8, 4) is 0 Å². The molecule has 146 valence electrons. The van der Waals surface area contributed by atoms with Gasteiger partial charge in [0.25, 0.3) is 0 Å². The molecule has 8 heteroatoms. The zero-order chi connectivity index (χ0) is 20.1. The first-order valence-electron chi connectivity index (χ1n) is 8.44. The summed E-state index contributed by atoms with van der Waals surface area (Å²) in [5.74, 6) is -1.24. The van der Waals surface area contributed by atoms with Crippen molar-refractivity contribution in [1.82, 2.24) is 4.72 Å². The van der Waals surface area contributed by atoms with E-state index >= 15 is 0 Å². The molecular formula is C20H17ClFNO4S. The molecule has 0 amide bonds. The number of carbonyl (C=O) groups excluding carboxylic acids is 1. The Kier molecular flexibility index (Phi) is 6.28. The van der Waals surface area contributed by atoms with E-state index in [0.717, 1.165) is 10.8 Å². The number of rotatable bonds is 7. The molecule has 0 aliphatic heterocycles. The lowest BCUT2D eigenvalue weighted by atomic mass is 10.1. The van der Waals surface area contributed by atoms with Crippen LogP contribution in [0.4, 0.5) is 4.39 Å². The van der Waals surface area contributed by atoms with Gasteiger partial charge >= 0.3 is 5.97 Å². The SMILES string of the molecule is O=C(CCNS(=O)(=O)c1ccc2ccccc2c1)OCc1c(F)cccc1Cl. The van der Waals surface area contributed by atoms with Crippen LogP contribution in [0.1, 0.15) is 12.0 Å². The number of esters is 1. The Hall–Kier alpha value is -2.48. The van der Waals surface area contributed by atoms with Gasteiger partial charge in [0.1, 0.15) is 12.4 Å². The molecule has 28 heavy (non-hydrogen) atoms. The van der Waals surface area contributed by atoms with E-state index in [1.54, 1.807) is 12.1 Å². The van der Waals surface area contributed by atoms with Crippen molar-refractivity contribution in [2.24, 2.45) is 0 Å². The monoisotopic (exact) mass is 421 g/mol. The molecule has 0 bridgehead atoms. The molecule has 0 spiro atoms. The average Bonchev–Trinajstić information content (AvgIpc) is 2.67. The average molecular weight is 422 g/mol. The summed E-state index contributed by atoms with van der Waals surface area (Å²) in [6.45, 7) is -0.458. The minimum Gasteiger partial charge on any atom is -0.461 e. The second-order valence-corrected chi connectivity index (χ2v) is 8.19. The van der Waals surface area contributed by atoms with E-state index in [1.165, 1.54) is 24.3 Å². The smallest absolute Gasteiger partial charge is 0.307 e. The molecule has 0 aliphatic rings. The highest BCUT2D eigenvalue weighted by Crippen LogP contribution is 2.20. The van der Waals surface area contributed by atoms with Crippen molar-refractivity contribution < 1.29 is 22.3 Å². The van der Waals surface area contributed by atoms with Gasteiger partial charge in [-0.15, -0.1) is 0 Å². The summed E-state index contributed by atoms with van der Waals surface area (Å²) in [6, 6.07) is 16.3. The maximum absolute atomic E-state index is 13.6. The quantitative estimate of drug-likeness (QED) is 0.584. The summed E-state index contributed by atoms with van der Waals surface area (Å²) < 4.78 is 45.8. The molecule has 5 nitrogen and oxygen atoms in total. The number of hydrogen-bond donors (Lipinski definition) is 1. The molecule has 0 radical (unpaired) electrons. The fourth-order valence-corrected chi connectivity index (χ4v) is 3.88. The third-order valence-corrected chi connectivity index (χ3v) is 5.90. The van der Waals surface area contributed by atoms with Gasteiger partial charge < -0.3 is 4.74 Å². The third-order valence-electron chi connectivity index (χ3n) is 4.09. The molecule has 0 saturated carbocycles. The van der Waals surface area contributed by atoms with Crippen LogP contribution in [-0.2, 0) is 26.2 Å². The van der Waals surface area contributed by atoms with Crippen LogP contribution in [0.5, 0.6) is 0 Å². The summed E-state index contributed by atoms with van der Waals surface area (Å²) in [7, 11) is -3.77. The fraction of sp³-hybridized carbons (Fsp3) is 0.150. The van der Waals surface area contributed by atoms with Crippen LogP contribution in [0, 0.1) is 5.82 Å². The van der Waals surface area contributed by atoms with Crippen LogP contribution in [-0.4, -0.2) is 20.9 Å². The van der Waals surface area contributed by atoms with E-state index in [2.05, 4.69) is 4.72 Å². The zero-order valence-electron chi connectivity index (χ0n) is 14.7. The summed E-state index contributed by atoms with van der Waals surface area (Å²) in [5.41, 5.74) is 0.0780. The first-order valence-corrected chi connectivity index (χ1v) is 10.3. The minimum atomic E-state index is -3.77. The van der Waals surface area contributed by atoms with Crippen LogP contribution in [0.2, 0.25) is 5.02 Å². The Morgan fingerprint density at radius 1 is 1.04 bits per heavy atom. The maximum atomic E-state index is 13.6. The van der Waals surface area contributed by atoms with Crippen molar-refractivity contribution in [1.29, 1.82) is 0 Å². The number of fused-ring (bicyclic) bond motifs is 1. The fourth-order valence-electron chi connectivity index (χ4n) is 2.60. The van der Waals surface area contributed by atoms with Crippen molar-refractivity contribution >= 4 is 38.4 Å². The Morgan fingerprint density at radius 3 is 2.54 bits per heavy atom. The van der Waals surface area contributed by atoms with Crippen molar-refractivity contribution in [3.05, 3.63) is 77.1 Å². The highest BCUT2D eigenvalue weighted by Gasteiger charge is 2.16. The van der Waals surface area contributed by atoms with Crippen LogP contribution in [0.25, 0.3) is 10.8 Å². The van der Waals surface area contributed by atoms with E-state index in [0.29, 0.717) is 0 Å². The van der Waals surface area contributed by atoms with Gasteiger partial charge in [0, 0.05) is 12.1 Å². The lowest BCUT2D eigenvalue weighted by molar-refractivity contribution is -0.144. The highest BCUT2D eigenvalue weighted by molar-refractivity contribution is 7.89. The molecule has 0 aromatic heterocycles. The molecule has 0 atom stereocenters. The Balaban J connectivity index is 1.55. The standard InChI is InChI=1S/C20H17ClFNO4S/c21-18-6-3-7-19(22)17(18)13-27-20(24)10-11-23-28(25,26)16-9-8-14-4-1-2-5-15(14)12-16/h1-9,12,23H,10-11,13H2. The number of carbonyl (C=O) groups is 1. The molecule has 0 fully saturated rings. The topological polar surface area (TPSA) is 72.5 Å². The predicted octanol–water partition coefficient (Wildman–Crippen LogP) is 4.04. The Morgan fingerprint density at radius 2 is 1.79 bits per heavy atom. The van der Waals surface area contributed by atoms with Gasteiger partial charge in [-0.05, 0) is 35.0 Å². The summed E-state index contributed by atoms with van der Waals surface area (Å²) >= 11 is 5.86. The second kappa shape index (κ2) is 8.68. The molecule has 3 aromatic rings. The minimum absolute atomic E-state index is 0.0780. The number of nitrogens with one attached hydrogen (secondary N) is 1. The number of halogens is 2. The van der Waals surface area contributed by atoms with Gasteiger partial charge in [0.05, 0.1) is 16.3 Å². The van der Waals surface area contributed by atoms with E-state index < -0.39 is 21.8 Å². The van der Waals surface area contributed by atoms with Crippen molar-refractivity contribution in [3.63, 3.8) is 0 Å². The molecule has 0 aliphatic carbocycles. The molecule has 0 unspecified atom stereocenters. The van der Waals surface area contributed by atoms with E-state index in [9.17, 15) is 17.6 Å². The van der Waals surface area contributed by atoms with Crippen LogP contribution in [0.3, 0.4) is 0 Å². The molecule has 3 rings (SSSR count). The normalized spacial score (nSPS) is 11.5. The van der Waals surface area contributed by atoms with Gasteiger partial charge in [-0.2, -0.15) is 0 Å². The van der Waals surface area contributed by atoms with Crippen molar-refractivity contribution in [2.45, 2.75) is 17.9 Å². The predicted molar refractivity (Wildman–Crippen MR) is 105 cm³/mol. The molecular weight excluding hydrogens is 405 g/mol. The van der Waals surface area contributed by atoms with Gasteiger partial charge in [-0.1, -0.05) is 48.0 Å². The lowest BCUT2D eigenvalue weighted by Crippen LogP contribution is -2.26. The van der Waals surface area contributed by atoms with Crippen LogP contribution >= 0.6 is 11.6 Å². The van der Waals surface area contributed by atoms with Gasteiger partial charge in [-0.3, -0.25) is 4.79 Å².